The number of ether oxygens (including phenoxy) is 2. The van der Waals surface area contributed by atoms with E-state index in [1.807, 2.05) is 0 Å². The van der Waals surface area contributed by atoms with E-state index in [4.69, 9.17) is 15.2 Å². The Morgan fingerprint density at radius 1 is 1.40 bits per heavy atom. The van der Waals surface area contributed by atoms with Gasteiger partial charge in [0, 0.05) is 19.8 Å². The molecule has 15 heavy (non-hydrogen) atoms. The molecule has 3 atom stereocenters. The van der Waals surface area contributed by atoms with Crippen molar-refractivity contribution >= 4 is 0 Å². The van der Waals surface area contributed by atoms with Gasteiger partial charge in [0.1, 0.15) is 0 Å². The van der Waals surface area contributed by atoms with Crippen molar-refractivity contribution in [1.29, 1.82) is 0 Å². The van der Waals surface area contributed by atoms with Crippen molar-refractivity contribution < 1.29 is 9.47 Å². The van der Waals surface area contributed by atoms with Crippen LogP contribution < -0.4 is 5.73 Å². The van der Waals surface area contributed by atoms with Crippen LogP contribution in [0.5, 0.6) is 0 Å². The first-order chi connectivity index (χ1) is 7.22. The van der Waals surface area contributed by atoms with Gasteiger partial charge in [-0.3, -0.25) is 0 Å². The second-order valence-corrected chi connectivity index (χ2v) is 4.60. The molecule has 0 saturated carbocycles. The summed E-state index contributed by atoms with van der Waals surface area (Å²) in [6.07, 6.45) is 7.59. The maximum absolute atomic E-state index is 6.04. The summed E-state index contributed by atoms with van der Waals surface area (Å²) in [5.74, 6) is 0. The molecule has 0 radical (unpaired) electrons. The molecular weight excluding hydrogens is 190 g/mol. The van der Waals surface area contributed by atoms with E-state index >= 15 is 0 Å². The van der Waals surface area contributed by atoms with Crippen LogP contribution in [0.2, 0.25) is 0 Å². The van der Waals surface area contributed by atoms with Crippen LogP contribution >= 0.6 is 0 Å². The highest BCUT2D eigenvalue weighted by atomic mass is 16.5. The Bertz CT molecular complexity index is 158. The largest absolute Gasteiger partial charge is 0.382 e. The normalized spacial score (nSPS) is 25.4. The molecule has 0 aliphatic carbocycles. The Labute approximate surface area is 93.3 Å². The lowest BCUT2D eigenvalue weighted by atomic mass is 10.0. The topological polar surface area (TPSA) is 44.5 Å². The van der Waals surface area contributed by atoms with Crippen molar-refractivity contribution in [2.24, 2.45) is 5.73 Å². The lowest BCUT2D eigenvalue weighted by Crippen LogP contribution is -2.23. The Hall–Kier alpha value is -0.120. The number of rotatable bonds is 7. The molecule has 2 N–H and O–H groups in total. The zero-order valence-electron chi connectivity index (χ0n) is 10.1. The molecule has 1 aliphatic heterocycles. The molecule has 0 aromatic heterocycles. The molecule has 3 heteroatoms. The third kappa shape index (κ3) is 5.50. The highest BCUT2D eigenvalue weighted by Gasteiger charge is 2.16. The molecule has 3 nitrogen and oxygen atoms in total. The first kappa shape index (κ1) is 12.9. The molecule has 90 valence electrons. The van der Waals surface area contributed by atoms with Gasteiger partial charge in [-0.1, -0.05) is 0 Å². The minimum atomic E-state index is 0.312. The van der Waals surface area contributed by atoms with Crippen molar-refractivity contribution in [3.05, 3.63) is 0 Å². The summed E-state index contributed by atoms with van der Waals surface area (Å²) in [5.41, 5.74) is 6.04. The SMILES string of the molecule is COC(C)CCC(N)CCC1CCCO1. The van der Waals surface area contributed by atoms with Gasteiger partial charge in [-0.25, -0.2) is 0 Å². The highest BCUT2D eigenvalue weighted by molar-refractivity contribution is 4.70. The van der Waals surface area contributed by atoms with E-state index in [2.05, 4.69) is 6.92 Å². The average Bonchev–Trinajstić information content (AvgIpc) is 2.75. The molecular formula is C12H25NO2. The second-order valence-electron chi connectivity index (χ2n) is 4.60. The van der Waals surface area contributed by atoms with Crippen LogP contribution in [0.3, 0.4) is 0 Å². The molecule has 0 aromatic carbocycles. The maximum atomic E-state index is 6.04. The fourth-order valence-corrected chi connectivity index (χ4v) is 1.98. The molecule has 3 unspecified atom stereocenters. The van der Waals surface area contributed by atoms with Crippen LogP contribution in [0.15, 0.2) is 0 Å². The van der Waals surface area contributed by atoms with E-state index in [-0.39, 0.29) is 0 Å². The van der Waals surface area contributed by atoms with Gasteiger partial charge in [0.05, 0.1) is 12.2 Å². The minimum Gasteiger partial charge on any atom is -0.382 e. The Balaban J connectivity index is 1.99. The number of hydrogen-bond acceptors (Lipinski definition) is 3. The standard InChI is InChI=1S/C12H25NO2/c1-10(14-2)5-6-11(13)7-8-12-4-3-9-15-12/h10-12H,3-9,13H2,1-2H3. The molecule has 1 fully saturated rings. The van der Waals surface area contributed by atoms with Crippen molar-refractivity contribution in [3.63, 3.8) is 0 Å². The van der Waals surface area contributed by atoms with E-state index in [9.17, 15) is 0 Å². The molecule has 0 spiro atoms. The molecule has 1 rings (SSSR count). The van der Waals surface area contributed by atoms with E-state index in [1.54, 1.807) is 7.11 Å². The lowest BCUT2D eigenvalue weighted by molar-refractivity contribution is 0.0957. The molecule has 0 aromatic rings. The summed E-state index contributed by atoms with van der Waals surface area (Å²) in [4.78, 5) is 0. The zero-order chi connectivity index (χ0) is 11.1. The summed E-state index contributed by atoms with van der Waals surface area (Å²) >= 11 is 0. The summed E-state index contributed by atoms with van der Waals surface area (Å²) in [6, 6.07) is 0.312. The fraction of sp³-hybridized carbons (Fsp3) is 1.00. The summed E-state index contributed by atoms with van der Waals surface area (Å²) in [5, 5.41) is 0. The van der Waals surface area contributed by atoms with Crippen LogP contribution in [0, 0.1) is 0 Å². The molecule has 0 bridgehead atoms. The van der Waals surface area contributed by atoms with Crippen molar-refractivity contribution in [2.45, 2.75) is 63.7 Å². The number of nitrogens with two attached hydrogens (primary N) is 1. The minimum absolute atomic E-state index is 0.312. The zero-order valence-corrected chi connectivity index (χ0v) is 10.1. The van der Waals surface area contributed by atoms with Gasteiger partial charge in [0.25, 0.3) is 0 Å². The quantitative estimate of drug-likeness (QED) is 0.707. The van der Waals surface area contributed by atoms with E-state index < -0.39 is 0 Å². The molecule has 0 amide bonds. The third-order valence-electron chi connectivity index (χ3n) is 3.23. The van der Waals surface area contributed by atoms with Crippen molar-refractivity contribution in [1.82, 2.24) is 0 Å². The van der Waals surface area contributed by atoms with E-state index in [0.29, 0.717) is 18.2 Å². The van der Waals surface area contributed by atoms with Crippen LogP contribution in [0.4, 0.5) is 0 Å². The smallest absolute Gasteiger partial charge is 0.0576 e. The monoisotopic (exact) mass is 215 g/mol. The first-order valence-corrected chi connectivity index (χ1v) is 6.12. The average molecular weight is 215 g/mol. The van der Waals surface area contributed by atoms with Gasteiger partial charge in [-0.2, -0.15) is 0 Å². The summed E-state index contributed by atoms with van der Waals surface area (Å²) in [7, 11) is 1.75. The van der Waals surface area contributed by atoms with Crippen molar-refractivity contribution in [2.75, 3.05) is 13.7 Å². The predicted octanol–water partition coefficient (Wildman–Crippen LogP) is 2.09. The Morgan fingerprint density at radius 2 is 2.20 bits per heavy atom. The third-order valence-corrected chi connectivity index (χ3v) is 3.23. The molecule has 1 heterocycles. The highest BCUT2D eigenvalue weighted by Crippen LogP contribution is 2.18. The molecule has 1 saturated heterocycles. The lowest BCUT2D eigenvalue weighted by Gasteiger charge is -2.16. The van der Waals surface area contributed by atoms with Crippen LogP contribution in [-0.4, -0.2) is 32.0 Å². The number of hydrogen-bond donors (Lipinski definition) is 1. The van der Waals surface area contributed by atoms with Gasteiger partial charge in [-0.15, -0.1) is 0 Å². The Morgan fingerprint density at radius 3 is 2.80 bits per heavy atom. The van der Waals surface area contributed by atoms with Crippen LogP contribution in [-0.2, 0) is 9.47 Å². The Kier molecular flexibility index (Phi) is 6.22. The summed E-state index contributed by atoms with van der Waals surface area (Å²) < 4.78 is 10.8. The first-order valence-electron chi connectivity index (χ1n) is 6.12. The summed E-state index contributed by atoms with van der Waals surface area (Å²) in [6.45, 7) is 3.04. The number of methoxy groups -OCH3 is 1. The van der Waals surface area contributed by atoms with E-state index in [1.165, 1.54) is 12.8 Å². The maximum Gasteiger partial charge on any atom is 0.0576 e. The fourth-order valence-electron chi connectivity index (χ4n) is 1.98. The van der Waals surface area contributed by atoms with E-state index in [0.717, 1.165) is 32.3 Å². The van der Waals surface area contributed by atoms with Gasteiger partial charge < -0.3 is 15.2 Å². The van der Waals surface area contributed by atoms with Crippen LogP contribution in [0.25, 0.3) is 0 Å². The van der Waals surface area contributed by atoms with Crippen LogP contribution in [0.1, 0.15) is 45.4 Å². The van der Waals surface area contributed by atoms with Gasteiger partial charge in [-0.05, 0) is 45.4 Å². The van der Waals surface area contributed by atoms with Gasteiger partial charge in [0.2, 0.25) is 0 Å². The molecule has 1 aliphatic rings. The van der Waals surface area contributed by atoms with Gasteiger partial charge >= 0.3 is 0 Å². The second kappa shape index (κ2) is 7.20. The predicted molar refractivity (Wildman–Crippen MR) is 61.9 cm³/mol. The van der Waals surface area contributed by atoms with Gasteiger partial charge in [0.15, 0.2) is 0 Å². The van der Waals surface area contributed by atoms with Crippen molar-refractivity contribution in [3.8, 4) is 0 Å².